The summed E-state index contributed by atoms with van der Waals surface area (Å²) in [7, 11) is -3.98. The molecule has 0 heterocycles. The molecule has 0 spiro atoms. The van der Waals surface area contributed by atoms with Crippen LogP contribution in [0.1, 0.15) is 6.92 Å². The fourth-order valence-electron chi connectivity index (χ4n) is 1.07. The second-order valence-electron chi connectivity index (χ2n) is 3.42. The van der Waals surface area contributed by atoms with Crippen molar-refractivity contribution in [3.05, 3.63) is 22.2 Å². The standard InChI is InChI=1S/C9H10Cl2N2O4S/c1-4(9(12)14)17-7-2-6(11)8(3-5(7)10)18(13,15)16/h2-4H,1H3,(H2,12,14)(H2,13,15,16). The number of ether oxygens (including phenoxy) is 1. The molecule has 9 heteroatoms. The number of halogens is 2. The SMILES string of the molecule is CC(Oc1cc(Cl)c(S(N)(=O)=O)cc1Cl)C(N)=O. The van der Waals surface area contributed by atoms with E-state index < -0.39 is 22.0 Å². The maximum atomic E-state index is 11.2. The smallest absolute Gasteiger partial charge is 0.258 e. The Labute approximate surface area is 114 Å². The summed E-state index contributed by atoms with van der Waals surface area (Å²) in [6.45, 7) is 1.42. The minimum Gasteiger partial charge on any atom is -0.479 e. The van der Waals surface area contributed by atoms with Crippen LogP contribution in [0.3, 0.4) is 0 Å². The molecule has 1 rings (SSSR count). The molecule has 1 atom stereocenters. The van der Waals surface area contributed by atoms with Crippen molar-refractivity contribution in [1.29, 1.82) is 0 Å². The second kappa shape index (κ2) is 5.31. The van der Waals surface area contributed by atoms with Gasteiger partial charge < -0.3 is 10.5 Å². The Morgan fingerprint density at radius 2 is 1.89 bits per heavy atom. The third-order valence-corrected chi connectivity index (χ3v) is 3.67. The molecule has 1 aromatic carbocycles. The van der Waals surface area contributed by atoms with Gasteiger partial charge in [-0.15, -0.1) is 0 Å². The highest BCUT2D eigenvalue weighted by Crippen LogP contribution is 2.33. The van der Waals surface area contributed by atoms with Crippen molar-refractivity contribution >= 4 is 39.1 Å². The van der Waals surface area contributed by atoms with Gasteiger partial charge in [0, 0.05) is 6.07 Å². The van der Waals surface area contributed by atoms with Gasteiger partial charge in [0.05, 0.1) is 10.0 Å². The largest absolute Gasteiger partial charge is 0.479 e. The molecule has 4 N–H and O–H groups in total. The zero-order chi connectivity index (χ0) is 14.1. The molecule has 0 aliphatic rings. The van der Waals surface area contributed by atoms with E-state index in [9.17, 15) is 13.2 Å². The summed E-state index contributed by atoms with van der Waals surface area (Å²) in [6.07, 6.45) is -0.932. The first-order valence-electron chi connectivity index (χ1n) is 4.60. The Morgan fingerprint density at radius 1 is 1.33 bits per heavy atom. The van der Waals surface area contributed by atoms with Crippen molar-refractivity contribution in [2.24, 2.45) is 10.9 Å². The third-order valence-electron chi connectivity index (χ3n) is 2.00. The number of sulfonamides is 1. The van der Waals surface area contributed by atoms with Crippen molar-refractivity contribution in [2.45, 2.75) is 17.9 Å². The quantitative estimate of drug-likeness (QED) is 0.859. The monoisotopic (exact) mass is 312 g/mol. The van der Waals surface area contributed by atoms with E-state index in [-0.39, 0.29) is 20.7 Å². The molecule has 6 nitrogen and oxygen atoms in total. The molecule has 0 bridgehead atoms. The maximum Gasteiger partial charge on any atom is 0.258 e. The number of amides is 1. The van der Waals surface area contributed by atoms with Gasteiger partial charge in [0.15, 0.2) is 6.10 Å². The molecule has 18 heavy (non-hydrogen) atoms. The number of nitrogens with two attached hydrogens (primary N) is 2. The number of hydrogen-bond donors (Lipinski definition) is 2. The van der Waals surface area contributed by atoms with Gasteiger partial charge in [-0.1, -0.05) is 23.2 Å². The summed E-state index contributed by atoms with van der Waals surface area (Å²) < 4.78 is 27.5. The number of hydrogen-bond acceptors (Lipinski definition) is 4. The first-order valence-corrected chi connectivity index (χ1v) is 6.91. The van der Waals surface area contributed by atoms with Gasteiger partial charge in [-0.05, 0) is 13.0 Å². The molecule has 100 valence electrons. The van der Waals surface area contributed by atoms with Gasteiger partial charge in [-0.3, -0.25) is 4.79 Å². The zero-order valence-corrected chi connectivity index (χ0v) is 11.5. The zero-order valence-electron chi connectivity index (χ0n) is 9.18. The third kappa shape index (κ3) is 3.49. The van der Waals surface area contributed by atoms with E-state index in [0.29, 0.717) is 0 Å². The summed E-state index contributed by atoms with van der Waals surface area (Å²) in [4.78, 5) is 10.5. The van der Waals surface area contributed by atoms with Gasteiger partial charge in [0.1, 0.15) is 10.6 Å². The summed E-state index contributed by atoms with van der Waals surface area (Å²) in [5.74, 6) is -0.655. The normalized spacial score (nSPS) is 13.1. The van der Waals surface area contributed by atoms with Crippen molar-refractivity contribution in [1.82, 2.24) is 0 Å². The Balaban J connectivity index is 3.20. The van der Waals surface area contributed by atoms with Crippen molar-refractivity contribution in [2.75, 3.05) is 0 Å². The number of carbonyl (C=O) groups excluding carboxylic acids is 1. The average molecular weight is 313 g/mol. The lowest BCUT2D eigenvalue weighted by Crippen LogP contribution is -2.30. The Bertz CT molecular complexity index is 588. The van der Waals surface area contributed by atoms with Crippen molar-refractivity contribution < 1.29 is 17.9 Å². The van der Waals surface area contributed by atoms with Crippen molar-refractivity contribution in [3.8, 4) is 5.75 Å². The fraction of sp³-hybridized carbons (Fsp3) is 0.222. The lowest BCUT2D eigenvalue weighted by molar-refractivity contribution is -0.123. The lowest BCUT2D eigenvalue weighted by atomic mass is 10.3. The first kappa shape index (κ1) is 15.0. The molecule has 0 saturated heterocycles. The molecule has 0 aliphatic carbocycles. The van der Waals surface area contributed by atoms with E-state index in [1.807, 2.05) is 0 Å². The van der Waals surface area contributed by atoms with Crippen LogP contribution in [0.25, 0.3) is 0 Å². The highest BCUT2D eigenvalue weighted by molar-refractivity contribution is 7.89. The predicted octanol–water partition coefficient (Wildman–Crippen LogP) is 0.893. The van der Waals surface area contributed by atoms with E-state index in [1.54, 1.807) is 0 Å². The van der Waals surface area contributed by atoms with Crippen LogP contribution in [0.2, 0.25) is 10.0 Å². The number of benzene rings is 1. The van der Waals surface area contributed by atoms with Crippen LogP contribution in [0.4, 0.5) is 0 Å². The Kier molecular flexibility index (Phi) is 4.44. The van der Waals surface area contributed by atoms with E-state index in [2.05, 4.69) is 0 Å². The van der Waals surface area contributed by atoms with Gasteiger partial charge in [0.2, 0.25) is 10.0 Å². The second-order valence-corrected chi connectivity index (χ2v) is 5.76. The van der Waals surface area contributed by atoms with Gasteiger partial charge in [0.25, 0.3) is 5.91 Å². The predicted molar refractivity (Wildman–Crippen MR) is 67.1 cm³/mol. The van der Waals surface area contributed by atoms with E-state index in [0.717, 1.165) is 12.1 Å². The molecule has 1 aromatic rings. The summed E-state index contributed by atoms with van der Waals surface area (Å²) >= 11 is 11.5. The number of primary amides is 1. The molecule has 0 radical (unpaired) electrons. The van der Waals surface area contributed by atoms with Crippen LogP contribution in [0, 0.1) is 0 Å². The number of carbonyl (C=O) groups is 1. The highest BCUT2D eigenvalue weighted by Gasteiger charge is 2.19. The fourth-order valence-corrected chi connectivity index (χ4v) is 2.43. The summed E-state index contributed by atoms with van der Waals surface area (Å²) in [6, 6.07) is 2.20. The molecule has 0 aromatic heterocycles. The summed E-state index contributed by atoms with van der Waals surface area (Å²) in [5, 5.41) is 4.74. The Hall–Kier alpha value is -1.02. The van der Waals surface area contributed by atoms with Crippen molar-refractivity contribution in [3.63, 3.8) is 0 Å². The van der Waals surface area contributed by atoms with Crippen LogP contribution in [0.15, 0.2) is 17.0 Å². The van der Waals surface area contributed by atoms with Crippen LogP contribution < -0.4 is 15.6 Å². The first-order chi connectivity index (χ1) is 8.12. The Morgan fingerprint density at radius 3 is 2.33 bits per heavy atom. The molecular formula is C9H10Cl2N2O4S. The van der Waals surface area contributed by atoms with Gasteiger partial charge in [-0.25, -0.2) is 13.6 Å². The van der Waals surface area contributed by atoms with Crippen LogP contribution in [0.5, 0.6) is 5.75 Å². The lowest BCUT2D eigenvalue weighted by Gasteiger charge is -2.14. The van der Waals surface area contributed by atoms with Crippen LogP contribution in [-0.4, -0.2) is 20.4 Å². The molecule has 0 fully saturated rings. The topological polar surface area (TPSA) is 112 Å². The molecule has 0 aliphatic heterocycles. The van der Waals surface area contributed by atoms with E-state index >= 15 is 0 Å². The van der Waals surface area contributed by atoms with Gasteiger partial charge in [-0.2, -0.15) is 0 Å². The molecular weight excluding hydrogens is 303 g/mol. The maximum absolute atomic E-state index is 11.2. The van der Waals surface area contributed by atoms with Gasteiger partial charge >= 0.3 is 0 Å². The summed E-state index contributed by atoms with van der Waals surface area (Å²) in [5.41, 5.74) is 5.02. The minimum absolute atomic E-state index is 0.0420. The van der Waals surface area contributed by atoms with E-state index in [4.69, 9.17) is 38.8 Å². The molecule has 1 amide bonds. The number of primary sulfonamides is 1. The van der Waals surface area contributed by atoms with Crippen LogP contribution in [-0.2, 0) is 14.8 Å². The highest BCUT2D eigenvalue weighted by atomic mass is 35.5. The van der Waals surface area contributed by atoms with E-state index in [1.165, 1.54) is 6.92 Å². The van der Waals surface area contributed by atoms with Crippen LogP contribution >= 0.6 is 23.2 Å². The minimum atomic E-state index is -3.98. The number of rotatable bonds is 4. The average Bonchev–Trinajstić information content (AvgIpc) is 2.20. The molecule has 1 unspecified atom stereocenters. The molecule has 0 saturated carbocycles.